The molecule has 0 amide bonds. The highest BCUT2D eigenvalue weighted by atomic mass is 16.3. The third-order valence-electron chi connectivity index (χ3n) is 2.56. The summed E-state index contributed by atoms with van der Waals surface area (Å²) in [6.07, 6.45) is 1.96. The summed E-state index contributed by atoms with van der Waals surface area (Å²) in [5.74, 6) is 1.74. The Morgan fingerprint density at radius 2 is 2.19 bits per heavy atom. The zero-order valence-electron chi connectivity index (χ0n) is 10.4. The quantitative estimate of drug-likeness (QED) is 0.716. The first-order chi connectivity index (χ1) is 7.67. The van der Waals surface area contributed by atoms with Crippen LogP contribution < -0.4 is 5.32 Å². The van der Waals surface area contributed by atoms with Gasteiger partial charge < -0.3 is 10.4 Å². The van der Waals surface area contributed by atoms with Crippen LogP contribution in [0.3, 0.4) is 0 Å². The Labute approximate surface area is 96.9 Å². The topological polar surface area (TPSA) is 63.0 Å². The number of rotatable bonds is 7. The lowest BCUT2D eigenvalue weighted by Gasteiger charge is -2.15. The van der Waals surface area contributed by atoms with Gasteiger partial charge in [0.25, 0.3) is 0 Å². The maximum absolute atomic E-state index is 9.20. The SMILES string of the molecule is CCCNC(CO)CCn1nc(C)nc1C. The highest BCUT2D eigenvalue weighted by Crippen LogP contribution is 2.00. The molecule has 0 aromatic carbocycles. The number of aliphatic hydroxyl groups excluding tert-OH is 1. The van der Waals surface area contributed by atoms with E-state index in [1.807, 2.05) is 18.5 Å². The van der Waals surface area contributed by atoms with Crippen LogP contribution in [-0.4, -0.2) is 39.1 Å². The van der Waals surface area contributed by atoms with Gasteiger partial charge in [-0.3, -0.25) is 4.68 Å². The zero-order chi connectivity index (χ0) is 12.0. The summed E-state index contributed by atoms with van der Waals surface area (Å²) in [5.41, 5.74) is 0. The van der Waals surface area contributed by atoms with Crippen molar-refractivity contribution in [3.8, 4) is 0 Å². The normalized spacial score (nSPS) is 13.0. The van der Waals surface area contributed by atoms with Gasteiger partial charge in [-0.25, -0.2) is 4.98 Å². The largest absolute Gasteiger partial charge is 0.395 e. The minimum atomic E-state index is 0.156. The standard InChI is InChI=1S/C11H22N4O/c1-4-6-12-11(8-16)5-7-15-10(3)13-9(2)14-15/h11-12,16H,4-8H2,1-3H3. The van der Waals surface area contributed by atoms with Gasteiger partial charge >= 0.3 is 0 Å². The van der Waals surface area contributed by atoms with Gasteiger partial charge in [-0.1, -0.05) is 6.92 Å². The van der Waals surface area contributed by atoms with Crippen molar-refractivity contribution in [2.75, 3.05) is 13.2 Å². The molecule has 92 valence electrons. The van der Waals surface area contributed by atoms with Gasteiger partial charge in [0.2, 0.25) is 0 Å². The molecule has 1 unspecified atom stereocenters. The van der Waals surface area contributed by atoms with Crippen LogP contribution in [0.2, 0.25) is 0 Å². The Kier molecular flexibility index (Phi) is 5.42. The first-order valence-electron chi connectivity index (χ1n) is 5.89. The van der Waals surface area contributed by atoms with Crippen molar-refractivity contribution in [3.05, 3.63) is 11.6 Å². The fraction of sp³-hybridized carbons (Fsp3) is 0.818. The molecule has 5 heteroatoms. The number of aliphatic hydroxyl groups is 1. The molecule has 0 saturated heterocycles. The van der Waals surface area contributed by atoms with Gasteiger partial charge in [0.1, 0.15) is 11.6 Å². The summed E-state index contributed by atoms with van der Waals surface area (Å²) in [4.78, 5) is 4.25. The van der Waals surface area contributed by atoms with Crippen molar-refractivity contribution in [2.45, 2.75) is 46.2 Å². The van der Waals surface area contributed by atoms with Gasteiger partial charge in [-0.15, -0.1) is 0 Å². The minimum absolute atomic E-state index is 0.156. The van der Waals surface area contributed by atoms with Crippen LogP contribution in [-0.2, 0) is 6.54 Å². The van der Waals surface area contributed by atoms with Crippen molar-refractivity contribution in [3.63, 3.8) is 0 Å². The summed E-state index contributed by atoms with van der Waals surface area (Å²) in [5, 5.41) is 16.8. The van der Waals surface area contributed by atoms with Gasteiger partial charge in [0.05, 0.1) is 6.61 Å². The molecule has 0 spiro atoms. The lowest BCUT2D eigenvalue weighted by atomic mass is 10.2. The number of hydrogen-bond donors (Lipinski definition) is 2. The number of nitrogens with zero attached hydrogens (tertiary/aromatic N) is 3. The second-order valence-corrected chi connectivity index (χ2v) is 4.05. The molecule has 1 heterocycles. The number of hydrogen-bond acceptors (Lipinski definition) is 4. The predicted molar refractivity (Wildman–Crippen MR) is 63.3 cm³/mol. The molecule has 0 aliphatic rings. The van der Waals surface area contributed by atoms with E-state index < -0.39 is 0 Å². The van der Waals surface area contributed by atoms with Gasteiger partial charge in [0.15, 0.2) is 0 Å². The van der Waals surface area contributed by atoms with Gasteiger partial charge in [-0.05, 0) is 33.2 Å². The molecule has 5 nitrogen and oxygen atoms in total. The summed E-state index contributed by atoms with van der Waals surface area (Å²) < 4.78 is 1.89. The Balaban J connectivity index is 2.39. The molecule has 0 fully saturated rings. The first kappa shape index (κ1) is 13.1. The van der Waals surface area contributed by atoms with E-state index in [4.69, 9.17) is 0 Å². The molecule has 0 bridgehead atoms. The summed E-state index contributed by atoms with van der Waals surface area (Å²) in [7, 11) is 0. The number of aromatic nitrogens is 3. The van der Waals surface area contributed by atoms with Gasteiger partial charge in [0, 0.05) is 12.6 Å². The molecule has 0 radical (unpaired) electrons. The van der Waals surface area contributed by atoms with E-state index in [1.54, 1.807) is 0 Å². The van der Waals surface area contributed by atoms with E-state index in [2.05, 4.69) is 22.3 Å². The first-order valence-corrected chi connectivity index (χ1v) is 5.89. The molecule has 0 saturated carbocycles. The fourth-order valence-electron chi connectivity index (χ4n) is 1.66. The molecule has 1 aromatic heterocycles. The molecular weight excluding hydrogens is 204 g/mol. The van der Waals surface area contributed by atoms with Gasteiger partial charge in [-0.2, -0.15) is 5.10 Å². The van der Waals surface area contributed by atoms with Crippen LogP contribution in [0.4, 0.5) is 0 Å². The van der Waals surface area contributed by atoms with Crippen LogP contribution in [0.25, 0.3) is 0 Å². The van der Waals surface area contributed by atoms with Crippen molar-refractivity contribution in [1.29, 1.82) is 0 Å². The third-order valence-corrected chi connectivity index (χ3v) is 2.56. The molecule has 0 aliphatic carbocycles. The summed E-state index contributed by atoms with van der Waals surface area (Å²) in [6, 6.07) is 0.156. The average Bonchev–Trinajstić information content (AvgIpc) is 2.58. The average molecular weight is 226 g/mol. The van der Waals surface area contributed by atoms with E-state index in [0.29, 0.717) is 0 Å². The van der Waals surface area contributed by atoms with E-state index in [0.717, 1.165) is 37.6 Å². The lowest BCUT2D eigenvalue weighted by Crippen LogP contribution is -2.34. The highest BCUT2D eigenvalue weighted by Gasteiger charge is 2.08. The summed E-state index contributed by atoms with van der Waals surface area (Å²) in [6.45, 7) is 7.88. The fourth-order valence-corrected chi connectivity index (χ4v) is 1.66. The Bertz CT molecular complexity index is 311. The second-order valence-electron chi connectivity index (χ2n) is 4.05. The smallest absolute Gasteiger partial charge is 0.147 e. The maximum Gasteiger partial charge on any atom is 0.147 e. The van der Waals surface area contributed by atoms with E-state index in [1.165, 1.54) is 0 Å². The second kappa shape index (κ2) is 6.60. The zero-order valence-corrected chi connectivity index (χ0v) is 10.4. The Hall–Kier alpha value is -0.940. The van der Waals surface area contributed by atoms with Crippen molar-refractivity contribution in [1.82, 2.24) is 20.1 Å². The Morgan fingerprint density at radius 3 is 2.69 bits per heavy atom. The van der Waals surface area contributed by atoms with Crippen molar-refractivity contribution < 1.29 is 5.11 Å². The third kappa shape index (κ3) is 3.90. The lowest BCUT2D eigenvalue weighted by molar-refractivity contribution is 0.230. The van der Waals surface area contributed by atoms with E-state index >= 15 is 0 Å². The maximum atomic E-state index is 9.20. The molecule has 0 aliphatic heterocycles. The molecule has 2 N–H and O–H groups in total. The van der Waals surface area contributed by atoms with E-state index in [9.17, 15) is 5.11 Å². The summed E-state index contributed by atoms with van der Waals surface area (Å²) >= 11 is 0. The van der Waals surface area contributed by atoms with E-state index in [-0.39, 0.29) is 12.6 Å². The molecule has 1 rings (SSSR count). The van der Waals surface area contributed by atoms with Crippen molar-refractivity contribution in [2.24, 2.45) is 0 Å². The highest BCUT2D eigenvalue weighted by molar-refractivity contribution is 4.87. The van der Waals surface area contributed by atoms with Crippen LogP contribution in [0, 0.1) is 13.8 Å². The molecule has 1 atom stereocenters. The molecular formula is C11H22N4O. The predicted octanol–water partition coefficient (Wildman–Crippen LogP) is 0.646. The Morgan fingerprint density at radius 1 is 1.44 bits per heavy atom. The number of nitrogens with one attached hydrogen (secondary N) is 1. The molecule has 16 heavy (non-hydrogen) atoms. The number of aryl methyl sites for hydroxylation is 3. The van der Waals surface area contributed by atoms with Crippen LogP contribution in [0.1, 0.15) is 31.4 Å². The minimum Gasteiger partial charge on any atom is -0.395 e. The van der Waals surface area contributed by atoms with Crippen LogP contribution in [0.5, 0.6) is 0 Å². The van der Waals surface area contributed by atoms with Crippen LogP contribution in [0.15, 0.2) is 0 Å². The van der Waals surface area contributed by atoms with Crippen molar-refractivity contribution >= 4 is 0 Å². The molecule has 1 aromatic rings. The monoisotopic (exact) mass is 226 g/mol. The van der Waals surface area contributed by atoms with Crippen LogP contribution >= 0.6 is 0 Å².